The number of benzene rings is 4. The van der Waals surface area contributed by atoms with Crippen LogP contribution in [-0.4, -0.2) is 40.7 Å². The second kappa shape index (κ2) is 11.4. The molecule has 0 radical (unpaired) electrons. The van der Waals surface area contributed by atoms with Gasteiger partial charge >= 0.3 is 0 Å². The SMILES string of the molecule is NC(=O)c1ccc2c(ccn2-c2ccc(Nc3ccc(NC(=O)c4ccc(N5CCC(O)CC5)cc4)cc3)c(F)c2)c1. The number of hydrogen-bond donors (Lipinski definition) is 4. The first-order chi connectivity index (χ1) is 20.3. The lowest BCUT2D eigenvalue weighted by molar-refractivity contribution is 0.0997. The van der Waals surface area contributed by atoms with Crippen LogP contribution in [0.1, 0.15) is 33.6 Å². The Morgan fingerprint density at radius 1 is 0.810 bits per heavy atom. The van der Waals surface area contributed by atoms with Crippen LogP contribution < -0.4 is 21.3 Å². The molecule has 0 spiro atoms. The molecule has 1 fully saturated rings. The van der Waals surface area contributed by atoms with Gasteiger partial charge in [-0.3, -0.25) is 9.59 Å². The van der Waals surface area contributed by atoms with Gasteiger partial charge in [-0.05, 0) is 97.8 Å². The van der Waals surface area contributed by atoms with Crippen molar-refractivity contribution in [1.29, 1.82) is 0 Å². The second-order valence-electron chi connectivity index (χ2n) is 10.4. The summed E-state index contributed by atoms with van der Waals surface area (Å²) >= 11 is 0. The first-order valence-electron chi connectivity index (χ1n) is 13.8. The molecule has 5 aromatic rings. The van der Waals surface area contributed by atoms with E-state index in [4.69, 9.17) is 5.73 Å². The van der Waals surface area contributed by atoms with E-state index in [1.54, 1.807) is 66.7 Å². The van der Waals surface area contributed by atoms with E-state index >= 15 is 4.39 Å². The maximum Gasteiger partial charge on any atom is 0.255 e. The van der Waals surface area contributed by atoms with E-state index < -0.39 is 11.7 Å². The lowest BCUT2D eigenvalue weighted by Gasteiger charge is -2.31. The number of nitrogens with one attached hydrogen (secondary N) is 2. The summed E-state index contributed by atoms with van der Waals surface area (Å²) in [4.78, 5) is 26.5. The largest absolute Gasteiger partial charge is 0.393 e. The van der Waals surface area contributed by atoms with E-state index in [1.165, 1.54) is 6.07 Å². The Morgan fingerprint density at radius 3 is 2.17 bits per heavy atom. The summed E-state index contributed by atoms with van der Waals surface area (Å²) in [6, 6.07) is 26.4. The third kappa shape index (κ3) is 5.68. The van der Waals surface area contributed by atoms with Gasteiger partial charge < -0.3 is 30.9 Å². The summed E-state index contributed by atoms with van der Waals surface area (Å²) in [5.41, 5.74) is 10.4. The summed E-state index contributed by atoms with van der Waals surface area (Å²) in [5.74, 6) is -1.14. The molecule has 0 unspecified atom stereocenters. The van der Waals surface area contributed by atoms with Crippen molar-refractivity contribution in [3.05, 3.63) is 114 Å². The molecule has 0 atom stereocenters. The van der Waals surface area contributed by atoms with Gasteiger partial charge in [0.2, 0.25) is 5.91 Å². The van der Waals surface area contributed by atoms with Crippen molar-refractivity contribution in [2.45, 2.75) is 18.9 Å². The summed E-state index contributed by atoms with van der Waals surface area (Å²) < 4.78 is 16.9. The number of fused-ring (bicyclic) bond motifs is 1. The Hall–Kier alpha value is -5.15. The van der Waals surface area contributed by atoms with Crippen molar-refractivity contribution in [3.63, 3.8) is 0 Å². The highest BCUT2D eigenvalue weighted by atomic mass is 19.1. The minimum atomic E-state index is -0.497. The van der Waals surface area contributed by atoms with Crippen LogP contribution >= 0.6 is 0 Å². The quantitative estimate of drug-likeness (QED) is 0.199. The molecular weight excluding hydrogens is 533 g/mol. The van der Waals surface area contributed by atoms with Crippen LogP contribution in [-0.2, 0) is 0 Å². The molecule has 8 nitrogen and oxygen atoms in total. The number of aromatic nitrogens is 1. The smallest absolute Gasteiger partial charge is 0.255 e. The molecule has 5 N–H and O–H groups in total. The predicted octanol–water partition coefficient (Wildman–Crippen LogP) is 5.83. The Bertz CT molecular complexity index is 1760. The summed E-state index contributed by atoms with van der Waals surface area (Å²) in [6.45, 7) is 1.59. The Morgan fingerprint density at radius 2 is 1.48 bits per heavy atom. The van der Waals surface area contributed by atoms with E-state index in [0.717, 1.165) is 42.5 Å². The van der Waals surface area contributed by atoms with Crippen molar-refractivity contribution < 1.29 is 19.1 Å². The zero-order chi connectivity index (χ0) is 29.2. The number of carbonyl (C=O) groups is 2. The topological polar surface area (TPSA) is 113 Å². The Balaban J connectivity index is 1.09. The minimum Gasteiger partial charge on any atom is -0.393 e. The molecule has 0 saturated carbocycles. The first-order valence-corrected chi connectivity index (χ1v) is 13.8. The minimum absolute atomic E-state index is 0.221. The van der Waals surface area contributed by atoms with Crippen LogP contribution in [0.4, 0.5) is 27.1 Å². The number of aliphatic hydroxyl groups is 1. The van der Waals surface area contributed by atoms with Gasteiger partial charge in [-0.1, -0.05) is 0 Å². The zero-order valence-corrected chi connectivity index (χ0v) is 22.8. The molecule has 6 rings (SSSR count). The molecule has 42 heavy (non-hydrogen) atoms. The lowest BCUT2D eigenvalue weighted by atomic mass is 10.1. The monoisotopic (exact) mass is 563 g/mol. The average Bonchev–Trinajstić information content (AvgIpc) is 3.43. The molecule has 212 valence electrons. The third-order valence-corrected chi connectivity index (χ3v) is 7.59. The fourth-order valence-corrected chi connectivity index (χ4v) is 5.22. The van der Waals surface area contributed by atoms with Gasteiger partial charge in [0.25, 0.3) is 5.91 Å². The molecule has 1 aliphatic heterocycles. The fourth-order valence-electron chi connectivity index (χ4n) is 5.22. The maximum absolute atomic E-state index is 15.1. The molecular formula is C33H30FN5O3. The highest BCUT2D eigenvalue weighted by molar-refractivity contribution is 6.04. The highest BCUT2D eigenvalue weighted by Gasteiger charge is 2.17. The van der Waals surface area contributed by atoms with E-state index in [0.29, 0.717) is 33.9 Å². The van der Waals surface area contributed by atoms with E-state index in [1.807, 2.05) is 29.0 Å². The number of rotatable bonds is 7. The number of amides is 2. The normalized spacial score (nSPS) is 13.7. The summed E-state index contributed by atoms with van der Waals surface area (Å²) in [6.07, 6.45) is 3.08. The van der Waals surface area contributed by atoms with Crippen molar-refractivity contribution in [2.75, 3.05) is 28.6 Å². The van der Waals surface area contributed by atoms with Crippen molar-refractivity contribution in [2.24, 2.45) is 5.73 Å². The van der Waals surface area contributed by atoms with Gasteiger partial charge in [0.1, 0.15) is 5.82 Å². The van der Waals surface area contributed by atoms with Gasteiger partial charge in [0.15, 0.2) is 0 Å². The zero-order valence-electron chi connectivity index (χ0n) is 22.8. The van der Waals surface area contributed by atoms with Crippen LogP contribution in [0.15, 0.2) is 97.2 Å². The molecule has 0 bridgehead atoms. The fraction of sp³-hybridized carbons (Fsp3) is 0.152. The van der Waals surface area contributed by atoms with Gasteiger partial charge in [0, 0.05) is 64.6 Å². The number of halogens is 1. The average molecular weight is 564 g/mol. The third-order valence-electron chi connectivity index (χ3n) is 7.59. The number of hydrogen-bond acceptors (Lipinski definition) is 5. The number of nitrogens with two attached hydrogens (primary N) is 1. The second-order valence-corrected chi connectivity index (χ2v) is 10.4. The number of piperidine rings is 1. The van der Waals surface area contributed by atoms with Gasteiger partial charge in [-0.15, -0.1) is 0 Å². The molecule has 0 aliphatic carbocycles. The standard InChI is InChI=1S/C33H30FN5O3/c34-29-20-27(39-18-13-22-19-23(32(35)41)3-12-31(22)39)10-11-30(29)36-24-4-6-25(7-5-24)37-33(42)21-1-8-26(9-2-21)38-16-14-28(40)15-17-38/h1-13,18-20,28,36,40H,14-17H2,(H2,35,41)(H,37,42). The summed E-state index contributed by atoms with van der Waals surface area (Å²) in [5, 5.41) is 16.5. The van der Waals surface area contributed by atoms with Crippen LogP contribution in [0.2, 0.25) is 0 Å². The molecule has 1 aromatic heterocycles. The number of nitrogens with zero attached hydrogens (tertiary/aromatic N) is 2. The molecule has 1 saturated heterocycles. The Labute approximate surface area is 242 Å². The summed E-state index contributed by atoms with van der Waals surface area (Å²) in [7, 11) is 0. The van der Waals surface area contributed by atoms with Gasteiger partial charge in [-0.25, -0.2) is 4.39 Å². The Kier molecular flexibility index (Phi) is 7.33. The van der Waals surface area contributed by atoms with E-state index in [-0.39, 0.29) is 12.0 Å². The van der Waals surface area contributed by atoms with E-state index in [9.17, 15) is 14.7 Å². The lowest BCUT2D eigenvalue weighted by Crippen LogP contribution is -2.35. The number of primary amides is 1. The van der Waals surface area contributed by atoms with Crippen molar-refractivity contribution in [1.82, 2.24) is 4.57 Å². The van der Waals surface area contributed by atoms with Gasteiger partial charge in [-0.2, -0.15) is 0 Å². The molecule has 4 aromatic carbocycles. The molecule has 2 amide bonds. The predicted molar refractivity (Wildman–Crippen MR) is 163 cm³/mol. The van der Waals surface area contributed by atoms with E-state index in [2.05, 4.69) is 15.5 Å². The molecule has 1 aliphatic rings. The number of carbonyl (C=O) groups excluding carboxylic acids is 2. The molecule has 2 heterocycles. The maximum atomic E-state index is 15.1. The van der Waals surface area contributed by atoms with Crippen molar-refractivity contribution in [3.8, 4) is 5.69 Å². The van der Waals surface area contributed by atoms with Crippen LogP contribution in [0.3, 0.4) is 0 Å². The molecule has 9 heteroatoms. The van der Waals surface area contributed by atoms with Gasteiger partial charge in [0.05, 0.1) is 17.3 Å². The first kappa shape index (κ1) is 27.0. The van der Waals surface area contributed by atoms with Crippen molar-refractivity contribution >= 4 is 45.5 Å². The van der Waals surface area contributed by atoms with Crippen LogP contribution in [0.25, 0.3) is 16.6 Å². The number of anilines is 4. The van der Waals surface area contributed by atoms with Crippen LogP contribution in [0, 0.1) is 5.82 Å². The highest BCUT2D eigenvalue weighted by Crippen LogP contribution is 2.27. The van der Waals surface area contributed by atoms with Crippen LogP contribution in [0.5, 0.6) is 0 Å². The number of aliphatic hydroxyl groups excluding tert-OH is 1.